The van der Waals surface area contributed by atoms with Crippen LogP contribution in [0.3, 0.4) is 0 Å². The maximum Gasteiger partial charge on any atom is 0.226 e. The first-order valence-corrected chi connectivity index (χ1v) is 7.41. The molecule has 0 radical (unpaired) electrons. The molecule has 1 amide bonds. The molecule has 0 saturated carbocycles. The lowest BCUT2D eigenvalue weighted by molar-refractivity contribution is -0.127. The van der Waals surface area contributed by atoms with Crippen LogP contribution in [0.25, 0.3) is 11.1 Å². The van der Waals surface area contributed by atoms with Gasteiger partial charge in [-0.15, -0.1) is 0 Å². The lowest BCUT2D eigenvalue weighted by Gasteiger charge is -2.11. The summed E-state index contributed by atoms with van der Waals surface area (Å²) in [4.78, 5) is 13.4. The largest absolute Gasteiger partial charge is 0.507 e. The fourth-order valence-electron chi connectivity index (χ4n) is 2.23. The number of carbonyl (C=O) groups excluding carboxylic acids is 1. The van der Waals surface area contributed by atoms with Crippen LogP contribution in [0.1, 0.15) is 19.4 Å². The third kappa shape index (κ3) is 3.87. The zero-order valence-corrected chi connectivity index (χ0v) is 13.6. The van der Waals surface area contributed by atoms with Crippen molar-refractivity contribution in [2.45, 2.75) is 26.8 Å². The van der Waals surface area contributed by atoms with Crippen molar-refractivity contribution < 1.29 is 9.90 Å². The van der Waals surface area contributed by atoms with Crippen molar-refractivity contribution in [2.75, 3.05) is 14.1 Å². The van der Waals surface area contributed by atoms with Gasteiger partial charge >= 0.3 is 0 Å². The highest BCUT2D eigenvalue weighted by Gasteiger charge is 2.11. The Balaban J connectivity index is 2.26. The number of carbonyl (C=O) groups is 1. The molecular formula is C17H23N3O2. The zero-order valence-electron chi connectivity index (χ0n) is 13.6. The van der Waals surface area contributed by atoms with Crippen molar-refractivity contribution in [1.29, 1.82) is 0 Å². The van der Waals surface area contributed by atoms with E-state index in [0.29, 0.717) is 17.9 Å². The molecule has 0 bridgehead atoms. The molecule has 1 heterocycles. The number of aromatic hydroxyl groups is 1. The van der Waals surface area contributed by atoms with Crippen LogP contribution in [0.2, 0.25) is 0 Å². The maximum absolute atomic E-state index is 11.8. The Bertz CT molecular complexity index is 660. The van der Waals surface area contributed by atoms with Crippen molar-refractivity contribution in [3.05, 3.63) is 36.2 Å². The Hall–Kier alpha value is -2.30. The summed E-state index contributed by atoms with van der Waals surface area (Å²) in [6.07, 6.45) is 3.99. The smallest absolute Gasteiger partial charge is 0.226 e. The number of benzene rings is 1. The minimum absolute atomic E-state index is 0.0344. The number of likely N-dealkylation sites (N-methyl/N-ethyl adjacent to an activating group) is 1. The molecule has 0 aliphatic rings. The molecule has 0 spiro atoms. The van der Waals surface area contributed by atoms with Gasteiger partial charge in [0.2, 0.25) is 5.91 Å². The van der Waals surface area contributed by atoms with Crippen LogP contribution < -0.4 is 0 Å². The van der Waals surface area contributed by atoms with Gasteiger partial charge in [-0.1, -0.05) is 19.9 Å². The molecule has 2 aromatic rings. The third-order valence-electron chi connectivity index (χ3n) is 3.41. The molecule has 1 aromatic carbocycles. The summed E-state index contributed by atoms with van der Waals surface area (Å²) < 4.78 is 1.87. The number of nitrogens with zero attached hydrogens (tertiary/aromatic N) is 3. The molecule has 1 N–H and O–H groups in total. The van der Waals surface area contributed by atoms with E-state index in [0.717, 1.165) is 17.7 Å². The lowest BCUT2D eigenvalue weighted by Crippen LogP contribution is -2.23. The fraction of sp³-hybridized carbons (Fsp3) is 0.412. The second-order valence-electron chi connectivity index (χ2n) is 6.16. The SMILES string of the molecule is CC(C)Cn1cc(-c2cc(CC(=O)N(C)C)ccc2O)cn1. The highest BCUT2D eigenvalue weighted by atomic mass is 16.3. The number of hydrogen-bond donors (Lipinski definition) is 1. The highest BCUT2D eigenvalue weighted by Crippen LogP contribution is 2.30. The molecule has 0 aliphatic carbocycles. The Labute approximate surface area is 131 Å². The van der Waals surface area contributed by atoms with E-state index in [4.69, 9.17) is 0 Å². The maximum atomic E-state index is 11.8. The van der Waals surface area contributed by atoms with Gasteiger partial charge in [-0.05, 0) is 23.6 Å². The van der Waals surface area contributed by atoms with Gasteiger partial charge in [0.05, 0.1) is 12.6 Å². The average Bonchev–Trinajstić information content (AvgIpc) is 2.88. The minimum atomic E-state index is 0.0344. The standard InChI is InChI=1S/C17H23N3O2/c1-12(2)10-20-11-14(9-18-20)15-7-13(5-6-16(15)21)8-17(22)19(3)4/h5-7,9,11-12,21H,8,10H2,1-4H3. The van der Waals surface area contributed by atoms with Gasteiger partial charge in [0.1, 0.15) is 5.75 Å². The number of aromatic nitrogens is 2. The van der Waals surface area contributed by atoms with Crippen molar-refractivity contribution in [1.82, 2.24) is 14.7 Å². The summed E-state index contributed by atoms with van der Waals surface area (Å²) >= 11 is 0. The first-order valence-electron chi connectivity index (χ1n) is 7.41. The Morgan fingerprint density at radius 2 is 2.09 bits per heavy atom. The first kappa shape index (κ1) is 16.1. The van der Waals surface area contributed by atoms with E-state index in [2.05, 4.69) is 18.9 Å². The number of phenols is 1. The normalized spacial score (nSPS) is 11.0. The van der Waals surface area contributed by atoms with E-state index >= 15 is 0 Å². The molecule has 1 aromatic heterocycles. The van der Waals surface area contributed by atoms with Crippen molar-refractivity contribution in [2.24, 2.45) is 5.92 Å². The molecule has 0 saturated heterocycles. The van der Waals surface area contributed by atoms with Gasteiger partial charge in [0, 0.05) is 38.0 Å². The van der Waals surface area contributed by atoms with E-state index in [1.165, 1.54) is 0 Å². The number of rotatable bonds is 5. The Morgan fingerprint density at radius 3 is 2.73 bits per heavy atom. The topological polar surface area (TPSA) is 58.4 Å². The molecule has 5 nitrogen and oxygen atoms in total. The van der Waals surface area contributed by atoms with Gasteiger partial charge in [-0.25, -0.2) is 0 Å². The summed E-state index contributed by atoms with van der Waals surface area (Å²) in [6.45, 7) is 5.10. The molecule has 118 valence electrons. The van der Waals surface area contributed by atoms with Gasteiger partial charge in [0.15, 0.2) is 0 Å². The van der Waals surface area contributed by atoms with Crippen LogP contribution in [-0.2, 0) is 17.8 Å². The van der Waals surface area contributed by atoms with E-state index in [1.807, 2.05) is 16.9 Å². The van der Waals surface area contributed by atoms with Gasteiger partial charge < -0.3 is 10.0 Å². The molecule has 2 rings (SSSR count). The first-order chi connectivity index (χ1) is 10.4. The zero-order chi connectivity index (χ0) is 16.3. The predicted molar refractivity (Wildman–Crippen MR) is 86.6 cm³/mol. The highest BCUT2D eigenvalue weighted by molar-refractivity contribution is 5.79. The van der Waals surface area contributed by atoms with Crippen molar-refractivity contribution in [3.8, 4) is 16.9 Å². The Kier molecular flexibility index (Phi) is 4.85. The number of phenolic OH excluding ortho intramolecular Hbond substituents is 1. The van der Waals surface area contributed by atoms with E-state index in [1.54, 1.807) is 37.3 Å². The summed E-state index contributed by atoms with van der Waals surface area (Å²) in [5, 5.41) is 14.4. The van der Waals surface area contributed by atoms with E-state index < -0.39 is 0 Å². The van der Waals surface area contributed by atoms with E-state index in [-0.39, 0.29) is 11.7 Å². The quantitative estimate of drug-likeness (QED) is 0.923. The van der Waals surface area contributed by atoms with E-state index in [9.17, 15) is 9.90 Å². The fourth-order valence-corrected chi connectivity index (χ4v) is 2.23. The molecular weight excluding hydrogens is 278 g/mol. The molecule has 0 aliphatic heterocycles. The summed E-state index contributed by atoms with van der Waals surface area (Å²) in [7, 11) is 3.47. The minimum Gasteiger partial charge on any atom is -0.507 e. The van der Waals surface area contributed by atoms with Crippen molar-refractivity contribution >= 4 is 5.91 Å². The molecule has 0 fully saturated rings. The van der Waals surface area contributed by atoms with Crippen molar-refractivity contribution in [3.63, 3.8) is 0 Å². The predicted octanol–water partition coefficient (Wildman–Crippen LogP) is 2.54. The van der Waals surface area contributed by atoms with Crippen LogP contribution in [0.5, 0.6) is 5.75 Å². The third-order valence-corrected chi connectivity index (χ3v) is 3.41. The van der Waals surface area contributed by atoms with Crippen LogP contribution in [0.4, 0.5) is 0 Å². The average molecular weight is 301 g/mol. The van der Waals surface area contributed by atoms with Crippen LogP contribution >= 0.6 is 0 Å². The van der Waals surface area contributed by atoms with Crippen LogP contribution in [-0.4, -0.2) is 39.8 Å². The summed E-state index contributed by atoms with van der Waals surface area (Å²) in [5.41, 5.74) is 2.44. The van der Waals surface area contributed by atoms with Gasteiger partial charge in [-0.3, -0.25) is 9.48 Å². The number of hydrogen-bond acceptors (Lipinski definition) is 3. The lowest BCUT2D eigenvalue weighted by atomic mass is 10.0. The molecule has 0 atom stereocenters. The molecule has 5 heteroatoms. The molecule has 0 unspecified atom stereocenters. The van der Waals surface area contributed by atoms with Crippen LogP contribution in [0.15, 0.2) is 30.6 Å². The van der Waals surface area contributed by atoms with Gasteiger partial charge in [-0.2, -0.15) is 5.10 Å². The number of amides is 1. The summed E-state index contributed by atoms with van der Waals surface area (Å²) in [5.74, 6) is 0.739. The summed E-state index contributed by atoms with van der Waals surface area (Å²) in [6, 6.07) is 5.26. The van der Waals surface area contributed by atoms with Crippen LogP contribution in [0, 0.1) is 5.92 Å². The molecule has 22 heavy (non-hydrogen) atoms. The monoisotopic (exact) mass is 301 g/mol. The Morgan fingerprint density at radius 1 is 1.36 bits per heavy atom. The second kappa shape index (κ2) is 6.64. The van der Waals surface area contributed by atoms with Gasteiger partial charge in [0.25, 0.3) is 0 Å². The second-order valence-corrected chi connectivity index (χ2v) is 6.16.